The van der Waals surface area contributed by atoms with Gasteiger partial charge in [-0.05, 0) is 48.0 Å². The number of rotatable bonds is 6. The van der Waals surface area contributed by atoms with Crippen molar-refractivity contribution in [2.45, 2.75) is 9.79 Å². The van der Waals surface area contributed by atoms with Gasteiger partial charge in [-0.15, -0.1) is 0 Å². The van der Waals surface area contributed by atoms with Crippen molar-refractivity contribution in [3.63, 3.8) is 0 Å². The Morgan fingerprint density at radius 1 is 1.15 bits per heavy atom. The number of hydrogen-bond donors (Lipinski definition) is 2. The van der Waals surface area contributed by atoms with Gasteiger partial charge in [-0.3, -0.25) is 4.79 Å². The lowest BCUT2D eigenvalue weighted by Crippen LogP contribution is -2.17. The molecule has 1 saturated heterocycles. The number of thiocarbonyl (C=S) groups is 1. The lowest BCUT2D eigenvalue weighted by atomic mass is 10.2. The van der Waals surface area contributed by atoms with E-state index in [0.29, 0.717) is 15.0 Å². The molecule has 1 fully saturated rings. The summed E-state index contributed by atoms with van der Waals surface area (Å²) >= 11 is 7.81. The van der Waals surface area contributed by atoms with Crippen LogP contribution >= 0.6 is 35.7 Å². The molecule has 3 rings (SSSR count). The van der Waals surface area contributed by atoms with Crippen LogP contribution < -0.4 is 10.1 Å². The minimum Gasteiger partial charge on any atom is -0.482 e. The number of carbonyl (C=O) groups excluding carboxylic acids is 1. The Balaban J connectivity index is 1.62. The van der Waals surface area contributed by atoms with Crippen molar-refractivity contribution in [1.82, 2.24) is 5.32 Å². The second-order valence-electron chi connectivity index (χ2n) is 5.18. The van der Waals surface area contributed by atoms with Crippen molar-refractivity contribution in [2.75, 3.05) is 6.61 Å². The molecule has 0 aliphatic carbocycles. The average Bonchev–Trinajstić information content (AvgIpc) is 2.93. The first-order valence-electron chi connectivity index (χ1n) is 7.47. The molecule has 0 aromatic heterocycles. The lowest BCUT2D eigenvalue weighted by molar-refractivity contribution is -0.139. The van der Waals surface area contributed by atoms with E-state index < -0.39 is 5.97 Å². The molecule has 2 N–H and O–H groups in total. The topological polar surface area (TPSA) is 75.6 Å². The zero-order valence-electron chi connectivity index (χ0n) is 13.3. The van der Waals surface area contributed by atoms with E-state index >= 15 is 0 Å². The summed E-state index contributed by atoms with van der Waals surface area (Å²) in [6, 6.07) is 15.1. The molecule has 2 aromatic carbocycles. The van der Waals surface area contributed by atoms with Gasteiger partial charge in [-0.25, -0.2) is 4.79 Å². The quantitative estimate of drug-likeness (QED) is 0.561. The van der Waals surface area contributed by atoms with Gasteiger partial charge in [0.05, 0.1) is 4.91 Å². The maximum atomic E-state index is 11.7. The van der Waals surface area contributed by atoms with Crippen LogP contribution in [0.15, 0.2) is 63.2 Å². The molecule has 2 aromatic rings. The van der Waals surface area contributed by atoms with E-state index in [1.807, 2.05) is 42.5 Å². The van der Waals surface area contributed by atoms with Crippen LogP contribution in [0, 0.1) is 0 Å². The van der Waals surface area contributed by atoms with Gasteiger partial charge in [0, 0.05) is 9.79 Å². The smallest absolute Gasteiger partial charge is 0.341 e. The van der Waals surface area contributed by atoms with Crippen molar-refractivity contribution in [3.05, 3.63) is 59.0 Å². The highest BCUT2D eigenvalue weighted by atomic mass is 32.2. The highest BCUT2D eigenvalue weighted by Gasteiger charge is 2.21. The number of carbonyl (C=O) groups is 2. The number of aliphatic carboxylic acids is 1. The van der Waals surface area contributed by atoms with Gasteiger partial charge in [-0.2, -0.15) is 0 Å². The van der Waals surface area contributed by atoms with Gasteiger partial charge in [0.2, 0.25) is 0 Å². The standard InChI is InChI=1S/C18H13NO4S3/c20-16(21)10-23-12-3-7-14(8-4-12)25-13-5-1-11(2-6-13)9-15-17(22)19-18(24)26-15/h1-9H,10H2,(H,20,21)(H,19,22,24). The second kappa shape index (κ2) is 8.39. The molecule has 0 bridgehead atoms. The van der Waals surface area contributed by atoms with Crippen molar-refractivity contribution in [3.8, 4) is 5.75 Å². The van der Waals surface area contributed by atoms with E-state index in [0.717, 1.165) is 15.4 Å². The summed E-state index contributed by atoms with van der Waals surface area (Å²) in [5.41, 5.74) is 0.925. The number of hydrogen-bond acceptors (Lipinski definition) is 6. The highest BCUT2D eigenvalue weighted by Crippen LogP contribution is 2.30. The molecule has 26 heavy (non-hydrogen) atoms. The molecule has 8 heteroatoms. The lowest BCUT2D eigenvalue weighted by Gasteiger charge is -2.05. The molecule has 1 aliphatic heterocycles. The van der Waals surface area contributed by atoms with Crippen LogP contribution in [0.2, 0.25) is 0 Å². The van der Waals surface area contributed by atoms with Gasteiger partial charge < -0.3 is 15.2 Å². The number of carboxylic acid groups (broad SMARTS) is 1. The molecule has 0 saturated carbocycles. The van der Waals surface area contributed by atoms with Crippen molar-refractivity contribution >= 4 is 58.0 Å². The van der Waals surface area contributed by atoms with E-state index in [1.165, 1.54) is 11.8 Å². The van der Waals surface area contributed by atoms with Gasteiger partial charge in [0.15, 0.2) is 6.61 Å². The van der Waals surface area contributed by atoms with E-state index in [2.05, 4.69) is 5.32 Å². The summed E-state index contributed by atoms with van der Waals surface area (Å²) in [4.78, 5) is 24.8. The van der Waals surface area contributed by atoms with Gasteiger partial charge in [0.25, 0.3) is 5.91 Å². The Morgan fingerprint density at radius 3 is 2.31 bits per heavy atom. The van der Waals surface area contributed by atoms with Crippen LogP contribution in [-0.2, 0) is 9.59 Å². The molecular weight excluding hydrogens is 390 g/mol. The predicted molar refractivity (Wildman–Crippen MR) is 106 cm³/mol. The minimum atomic E-state index is -1.01. The van der Waals surface area contributed by atoms with Crippen molar-refractivity contribution in [1.29, 1.82) is 0 Å². The zero-order chi connectivity index (χ0) is 18.5. The maximum absolute atomic E-state index is 11.7. The molecular formula is C18H13NO4S3. The fourth-order valence-electron chi connectivity index (χ4n) is 2.09. The first-order chi connectivity index (χ1) is 12.5. The normalized spacial score (nSPS) is 15.2. The van der Waals surface area contributed by atoms with E-state index in [9.17, 15) is 9.59 Å². The Morgan fingerprint density at radius 2 is 1.77 bits per heavy atom. The Kier molecular flexibility index (Phi) is 5.97. The SMILES string of the molecule is O=C(O)COc1ccc(Sc2ccc(C=C3SC(=S)NC3=O)cc2)cc1. The van der Waals surface area contributed by atoms with Crippen LogP contribution in [0.3, 0.4) is 0 Å². The molecule has 0 atom stereocenters. The third-order valence-corrected chi connectivity index (χ3v) is 5.42. The first kappa shape index (κ1) is 18.5. The second-order valence-corrected chi connectivity index (χ2v) is 8.04. The number of carboxylic acids is 1. The maximum Gasteiger partial charge on any atom is 0.341 e. The summed E-state index contributed by atoms with van der Waals surface area (Å²) in [6.45, 7) is -0.357. The summed E-state index contributed by atoms with van der Waals surface area (Å²) in [7, 11) is 0. The predicted octanol–water partition coefficient (Wildman–Crippen LogP) is 3.79. The summed E-state index contributed by atoms with van der Waals surface area (Å²) in [5, 5.41) is 11.2. The van der Waals surface area contributed by atoms with Gasteiger partial charge in [0.1, 0.15) is 10.1 Å². The molecule has 1 aliphatic rings. The minimum absolute atomic E-state index is 0.163. The van der Waals surface area contributed by atoms with Crippen LogP contribution in [0.25, 0.3) is 6.08 Å². The summed E-state index contributed by atoms with van der Waals surface area (Å²) in [6.07, 6.45) is 1.81. The van der Waals surface area contributed by atoms with Crippen LogP contribution in [0.1, 0.15) is 5.56 Å². The third kappa shape index (κ3) is 5.10. The van der Waals surface area contributed by atoms with Crippen LogP contribution in [-0.4, -0.2) is 27.9 Å². The summed E-state index contributed by atoms with van der Waals surface area (Å²) in [5.74, 6) is -0.651. The largest absolute Gasteiger partial charge is 0.482 e. The third-order valence-electron chi connectivity index (χ3n) is 3.24. The fraction of sp³-hybridized carbons (Fsp3) is 0.0556. The molecule has 132 valence electrons. The van der Waals surface area contributed by atoms with Crippen LogP contribution in [0.5, 0.6) is 5.75 Å². The molecule has 1 amide bonds. The van der Waals surface area contributed by atoms with E-state index in [4.69, 9.17) is 22.1 Å². The first-order valence-corrected chi connectivity index (χ1v) is 9.51. The number of benzene rings is 2. The summed E-state index contributed by atoms with van der Waals surface area (Å²) < 4.78 is 5.58. The number of thioether (sulfide) groups is 1. The molecule has 0 unspecified atom stereocenters. The average molecular weight is 404 g/mol. The molecule has 0 radical (unpaired) electrons. The van der Waals surface area contributed by atoms with Crippen molar-refractivity contribution < 1.29 is 19.4 Å². The fourth-order valence-corrected chi connectivity index (χ4v) is 3.95. The monoisotopic (exact) mass is 403 g/mol. The highest BCUT2D eigenvalue weighted by molar-refractivity contribution is 8.26. The van der Waals surface area contributed by atoms with E-state index in [-0.39, 0.29) is 12.5 Å². The number of ether oxygens (including phenoxy) is 1. The Hall–Kier alpha value is -2.29. The van der Waals surface area contributed by atoms with Gasteiger partial charge in [-0.1, -0.05) is 47.9 Å². The molecule has 1 heterocycles. The van der Waals surface area contributed by atoms with Crippen molar-refractivity contribution in [2.24, 2.45) is 0 Å². The van der Waals surface area contributed by atoms with Crippen LogP contribution in [0.4, 0.5) is 0 Å². The van der Waals surface area contributed by atoms with E-state index in [1.54, 1.807) is 23.9 Å². The Bertz CT molecular complexity index is 876. The molecule has 5 nitrogen and oxygen atoms in total. The number of amides is 1. The Labute approximate surface area is 163 Å². The zero-order valence-corrected chi connectivity index (χ0v) is 15.7. The van der Waals surface area contributed by atoms with Gasteiger partial charge >= 0.3 is 5.97 Å². The number of nitrogens with one attached hydrogen (secondary N) is 1. The molecule has 0 spiro atoms.